The highest BCUT2D eigenvalue weighted by molar-refractivity contribution is 5.81. The number of hydrogen-bond donors (Lipinski definition) is 1. The van der Waals surface area contributed by atoms with Crippen molar-refractivity contribution in [2.75, 3.05) is 47.2 Å². The first kappa shape index (κ1) is 17.4. The van der Waals surface area contributed by atoms with Gasteiger partial charge in [-0.3, -0.25) is 4.79 Å². The van der Waals surface area contributed by atoms with Gasteiger partial charge in [0.15, 0.2) is 0 Å². The van der Waals surface area contributed by atoms with Crippen LogP contribution in [0.1, 0.15) is 26.2 Å². The Hall–Kier alpha value is -0.690. The lowest BCUT2D eigenvalue weighted by Gasteiger charge is -2.26. The van der Waals surface area contributed by atoms with E-state index in [0.29, 0.717) is 39.5 Å². The molecule has 0 saturated heterocycles. The summed E-state index contributed by atoms with van der Waals surface area (Å²) < 4.78 is 21.1. The molecule has 118 valence electrons. The molecule has 0 spiro atoms. The molecule has 0 radical (unpaired) electrons. The largest absolute Gasteiger partial charge is 0.465 e. The summed E-state index contributed by atoms with van der Waals surface area (Å²) in [6.07, 6.45) is 2.34. The van der Waals surface area contributed by atoms with Crippen molar-refractivity contribution < 1.29 is 23.7 Å². The quantitative estimate of drug-likeness (QED) is 0.473. The van der Waals surface area contributed by atoms with E-state index in [2.05, 4.69) is 5.32 Å². The van der Waals surface area contributed by atoms with Crippen LogP contribution in [0.5, 0.6) is 0 Å². The molecule has 1 aliphatic carbocycles. The van der Waals surface area contributed by atoms with Gasteiger partial charge in [0.25, 0.3) is 0 Å². The van der Waals surface area contributed by atoms with Crippen molar-refractivity contribution >= 4 is 5.97 Å². The Morgan fingerprint density at radius 2 is 2.05 bits per heavy atom. The van der Waals surface area contributed by atoms with Crippen LogP contribution in [0.25, 0.3) is 0 Å². The van der Waals surface area contributed by atoms with Gasteiger partial charge in [-0.1, -0.05) is 0 Å². The molecule has 0 aliphatic heterocycles. The van der Waals surface area contributed by atoms with Crippen LogP contribution in [-0.4, -0.2) is 64.8 Å². The van der Waals surface area contributed by atoms with Gasteiger partial charge in [-0.25, -0.2) is 0 Å². The van der Waals surface area contributed by atoms with Crippen molar-refractivity contribution in [3.05, 3.63) is 0 Å². The molecule has 0 aromatic rings. The van der Waals surface area contributed by atoms with Crippen LogP contribution >= 0.6 is 0 Å². The summed E-state index contributed by atoms with van der Waals surface area (Å²) in [4.78, 5) is 12.0. The van der Waals surface area contributed by atoms with Crippen LogP contribution in [0, 0.1) is 0 Å². The van der Waals surface area contributed by atoms with E-state index in [4.69, 9.17) is 18.9 Å². The lowest BCUT2D eigenvalue weighted by Crippen LogP contribution is -2.49. The minimum Gasteiger partial charge on any atom is -0.465 e. The van der Waals surface area contributed by atoms with Crippen LogP contribution in [0.2, 0.25) is 0 Å². The zero-order chi connectivity index (χ0) is 14.8. The van der Waals surface area contributed by atoms with Gasteiger partial charge in [-0.2, -0.15) is 0 Å². The van der Waals surface area contributed by atoms with E-state index < -0.39 is 5.54 Å². The average molecular weight is 289 g/mol. The predicted octanol–water partition coefficient (Wildman–Crippen LogP) is 0.740. The summed E-state index contributed by atoms with van der Waals surface area (Å²) in [6, 6.07) is 0. The molecular formula is C14H27NO5. The highest BCUT2D eigenvalue weighted by atomic mass is 16.5. The Morgan fingerprint density at radius 3 is 2.70 bits per heavy atom. The van der Waals surface area contributed by atoms with Gasteiger partial charge in [0.1, 0.15) is 5.54 Å². The monoisotopic (exact) mass is 289 g/mol. The molecule has 0 heterocycles. The number of methoxy groups -OCH3 is 1. The number of nitrogens with one attached hydrogen (secondary N) is 1. The van der Waals surface area contributed by atoms with Gasteiger partial charge in [-0.15, -0.1) is 0 Å². The third kappa shape index (κ3) is 5.01. The third-order valence-electron chi connectivity index (χ3n) is 3.63. The minimum atomic E-state index is -0.586. The molecule has 1 saturated carbocycles. The number of ether oxygens (including phenoxy) is 4. The molecule has 1 fully saturated rings. The highest BCUT2D eigenvalue weighted by Crippen LogP contribution is 2.32. The number of rotatable bonds is 10. The number of carbonyl (C=O) groups excluding carboxylic acids is 1. The fourth-order valence-corrected chi connectivity index (χ4v) is 2.44. The number of likely N-dealkylation sites (N-methyl/N-ethyl adjacent to an activating group) is 1. The molecule has 1 N–H and O–H groups in total. The average Bonchev–Trinajstić information content (AvgIpc) is 2.88. The Morgan fingerprint density at radius 1 is 1.30 bits per heavy atom. The molecule has 2 unspecified atom stereocenters. The number of esters is 1. The first-order chi connectivity index (χ1) is 9.68. The van der Waals surface area contributed by atoms with Crippen LogP contribution in [-0.2, 0) is 23.7 Å². The zero-order valence-electron chi connectivity index (χ0n) is 12.8. The maximum atomic E-state index is 12.0. The topological polar surface area (TPSA) is 66.0 Å². The third-order valence-corrected chi connectivity index (χ3v) is 3.63. The lowest BCUT2D eigenvalue weighted by molar-refractivity contribution is -0.151. The van der Waals surface area contributed by atoms with Crippen LogP contribution in [0.4, 0.5) is 0 Å². The molecule has 2 atom stereocenters. The van der Waals surface area contributed by atoms with Crippen molar-refractivity contribution in [3.63, 3.8) is 0 Å². The lowest BCUT2D eigenvalue weighted by atomic mass is 9.98. The Labute approximate surface area is 121 Å². The Bertz CT molecular complexity index is 287. The molecule has 20 heavy (non-hydrogen) atoms. The van der Waals surface area contributed by atoms with Crippen molar-refractivity contribution in [2.45, 2.75) is 37.8 Å². The van der Waals surface area contributed by atoms with E-state index >= 15 is 0 Å². The molecule has 0 bridgehead atoms. The normalized spacial score (nSPS) is 25.9. The number of carbonyl (C=O) groups is 1. The Kier molecular flexibility index (Phi) is 8.06. The SMILES string of the molecule is CCOC(=O)C1(NC)CCC(OCCOCCOC)C1. The van der Waals surface area contributed by atoms with Gasteiger partial charge in [0.2, 0.25) is 0 Å². The smallest absolute Gasteiger partial charge is 0.326 e. The fourth-order valence-electron chi connectivity index (χ4n) is 2.44. The minimum absolute atomic E-state index is 0.0814. The first-order valence-corrected chi connectivity index (χ1v) is 7.23. The maximum Gasteiger partial charge on any atom is 0.326 e. The second-order valence-electron chi connectivity index (χ2n) is 4.89. The molecule has 1 rings (SSSR count). The van der Waals surface area contributed by atoms with Crippen LogP contribution in [0.3, 0.4) is 0 Å². The van der Waals surface area contributed by atoms with E-state index in [1.807, 2.05) is 6.92 Å². The van der Waals surface area contributed by atoms with Crippen LogP contribution in [0.15, 0.2) is 0 Å². The standard InChI is InChI=1S/C14H27NO5/c1-4-19-13(16)14(15-2)6-5-12(11-14)20-10-9-18-8-7-17-3/h12,15H,4-11H2,1-3H3. The van der Waals surface area contributed by atoms with E-state index in [9.17, 15) is 4.79 Å². The predicted molar refractivity (Wildman–Crippen MR) is 74.7 cm³/mol. The molecule has 1 aliphatic rings. The highest BCUT2D eigenvalue weighted by Gasteiger charge is 2.45. The summed E-state index contributed by atoms with van der Waals surface area (Å²) >= 11 is 0. The first-order valence-electron chi connectivity index (χ1n) is 7.23. The molecule has 6 heteroatoms. The maximum absolute atomic E-state index is 12.0. The molecule has 0 aromatic carbocycles. The van der Waals surface area contributed by atoms with Gasteiger partial charge in [-0.05, 0) is 26.8 Å². The summed E-state index contributed by atoms with van der Waals surface area (Å²) in [5, 5.41) is 3.11. The Balaban J connectivity index is 2.25. The van der Waals surface area contributed by atoms with Crippen LogP contribution < -0.4 is 5.32 Å². The van der Waals surface area contributed by atoms with Crippen molar-refractivity contribution in [1.29, 1.82) is 0 Å². The van der Waals surface area contributed by atoms with Crippen molar-refractivity contribution in [2.24, 2.45) is 0 Å². The summed E-state index contributed by atoms with van der Waals surface area (Å²) in [6.45, 7) is 4.48. The molecule has 0 aromatic heterocycles. The van der Waals surface area contributed by atoms with Gasteiger partial charge in [0, 0.05) is 13.5 Å². The second kappa shape index (κ2) is 9.28. The fraction of sp³-hybridized carbons (Fsp3) is 0.929. The summed E-state index contributed by atoms with van der Waals surface area (Å²) in [5.74, 6) is -0.176. The molecule has 6 nitrogen and oxygen atoms in total. The van der Waals surface area contributed by atoms with E-state index in [1.54, 1.807) is 14.2 Å². The summed E-state index contributed by atoms with van der Waals surface area (Å²) in [5.41, 5.74) is -0.586. The number of hydrogen-bond acceptors (Lipinski definition) is 6. The molecule has 0 amide bonds. The van der Waals surface area contributed by atoms with E-state index in [-0.39, 0.29) is 12.1 Å². The van der Waals surface area contributed by atoms with Crippen molar-refractivity contribution in [1.82, 2.24) is 5.32 Å². The summed E-state index contributed by atoms with van der Waals surface area (Å²) in [7, 11) is 3.44. The van der Waals surface area contributed by atoms with Crippen molar-refractivity contribution in [3.8, 4) is 0 Å². The van der Waals surface area contributed by atoms with Gasteiger partial charge < -0.3 is 24.3 Å². The van der Waals surface area contributed by atoms with Gasteiger partial charge >= 0.3 is 5.97 Å². The van der Waals surface area contributed by atoms with E-state index in [1.165, 1.54) is 0 Å². The van der Waals surface area contributed by atoms with E-state index in [0.717, 1.165) is 12.8 Å². The molecular weight excluding hydrogens is 262 g/mol. The van der Waals surface area contributed by atoms with Gasteiger partial charge in [0.05, 0.1) is 39.1 Å². The second-order valence-corrected chi connectivity index (χ2v) is 4.89. The zero-order valence-corrected chi connectivity index (χ0v) is 12.8.